The van der Waals surface area contributed by atoms with Crippen molar-refractivity contribution in [2.24, 2.45) is 0 Å². The number of nitrogens with one attached hydrogen (secondary N) is 2. The largest absolute Gasteiger partial charge is 0.355 e. The quantitative estimate of drug-likeness (QED) is 0.699. The minimum Gasteiger partial charge on any atom is -0.355 e. The highest BCUT2D eigenvalue weighted by Crippen LogP contribution is 2.21. The summed E-state index contributed by atoms with van der Waals surface area (Å²) < 4.78 is 0. The van der Waals surface area contributed by atoms with Crippen LogP contribution in [0.5, 0.6) is 0 Å². The minimum atomic E-state index is -0.457. The smallest absolute Gasteiger partial charge is 0.252 e. The molecule has 25 heavy (non-hydrogen) atoms. The molecule has 0 aliphatic carbocycles. The molecule has 3 aromatic rings. The molecule has 0 atom stereocenters. The van der Waals surface area contributed by atoms with Crippen LogP contribution in [0.25, 0.3) is 0 Å². The molecule has 3 aromatic carbocycles. The van der Waals surface area contributed by atoms with Gasteiger partial charge in [0.2, 0.25) is 0 Å². The molecule has 0 unspecified atom stereocenters. The van der Waals surface area contributed by atoms with Crippen LogP contribution >= 0.6 is 0 Å². The van der Waals surface area contributed by atoms with E-state index in [9.17, 15) is 4.79 Å². The van der Waals surface area contributed by atoms with E-state index in [0.717, 1.165) is 16.9 Å². The van der Waals surface area contributed by atoms with Gasteiger partial charge in [-0.3, -0.25) is 4.79 Å². The van der Waals surface area contributed by atoms with Crippen molar-refractivity contribution in [1.82, 2.24) is 5.32 Å². The molecule has 0 saturated heterocycles. The normalized spacial score (nSPS) is 11.0. The van der Waals surface area contributed by atoms with Crippen LogP contribution in [0.1, 0.15) is 29.8 Å². The average Bonchev–Trinajstić information content (AvgIpc) is 2.63. The Kier molecular flexibility index (Phi) is 4.85. The number of para-hydroxylation sites is 1. The van der Waals surface area contributed by atoms with Gasteiger partial charge in [0.25, 0.3) is 5.91 Å². The molecule has 0 aromatic heterocycles. The van der Waals surface area contributed by atoms with Gasteiger partial charge in [-0.15, -0.1) is 0 Å². The van der Waals surface area contributed by atoms with E-state index in [1.54, 1.807) is 6.07 Å². The molecule has 0 spiro atoms. The number of amides is 1. The summed E-state index contributed by atoms with van der Waals surface area (Å²) in [4.78, 5) is 12.7. The Balaban J connectivity index is 1.75. The van der Waals surface area contributed by atoms with Crippen LogP contribution in [0.3, 0.4) is 0 Å². The number of hydrogen-bond acceptors (Lipinski definition) is 2. The number of carbonyl (C=O) groups is 1. The molecule has 2 N–H and O–H groups in total. The number of hydrogen-bond donors (Lipinski definition) is 2. The van der Waals surface area contributed by atoms with Crippen molar-refractivity contribution >= 4 is 17.3 Å². The first-order valence-electron chi connectivity index (χ1n) is 8.26. The van der Waals surface area contributed by atoms with Crippen LogP contribution in [0.15, 0.2) is 78.9 Å². The highest BCUT2D eigenvalue weighted by Gasteiger charge is 2.23. The summed E-state index contributed by atoms with van der Waals surface area (Å²) in [5.74, 6) is -0.123. The summed E-state index contributed by atoms with van der Waals surface area (Å²) in [6, 6.07) is 28.2. The maximum Gasteiger partial charge on any atom is 0.252 e. The van der Waals surface area contributed by atoms with E-state index in [1.807, 2.05) is 86.6 Å². The third kappa shape index (κ3) is 4.27. The molecule has 0 heterocycles. The van der Waals surface area contributed by atoms with Gasteiger partial charge in [0.15, 0.2) is 0 Å². The van der Waals surface area contributed by atoms with Gasteiger partial charge in [-0.1, -0.05) is 48.5 Å². The summed E-state index contributed by atoms with van der Waals surface area (Å²) >= 11 is 0. The second kappa shape index (κ2) is 7.22. The zero-order valence-corrected chi connectivity index (χ0v) is 14.4. The second-order valence-electron chi connectivity index (χ2n) is 6.45. The van der Waals surface area contributed by atoms with E-state index in [-0.39, 0.29) is 5.91 Å². The molecule has 3 heteroatoms. The van der Waals surface area contributed by atoms with E-state index < -0.39 is 5.54 Å². The zero-order chi connectivity index (χ0) is 17.7. The van der Waals surface area contributed by atoms with Crippen LogP contribution in [-0.4, -0.2) is 5.91 Å². The molecule has 125 valence electrons. The summed E-state index contributed by atoms with van der Waals surface area (Å²) in [5, 5.41) is 6.38. The highest BCUT2D eigenvalue weighted by molar-refractivity contribution is 5.95. The molecule has 3 nitrogen and oxygen atoms in total. The fourth-order valence-corrected chi connectivity index (χ4v) is 2.65. The molecular weight excluding hydrogens is 308 g/mol. The first kappa shape index (κ1) is 16.8. The molecule has 0 aliphatic heterocycles. The van der Waals surface area contributed by atoms with Crippen LogP contribution < -0.4 is 10.6 Å². The predicted molar refractivity (Wildman–Crippen MR) is 102 cm³/mol. The van der Waals surface area contributed by atoms with Crippen molar-refractivity contribution in [1.29, 1.82) is 0 Å². The molecule has 0 aliphatic rings. The van der Waals surface area contributed by atoms with Gasteiger partial charge in [0, 0.05) is 16.9 Å². The van der Waals surface area contributed by atoms with E-state index in [1.165, 1.54) is 0 Å². The maximum atomic E-state index is 12.7. The molecule has 0 saturated carbocycles. The Morgan fingerprint density at radius 3 is 2.20 bits per heavy atom. The maximum absolute atomic E-state index is 12.7. The lowest BCUT2D eigenvalue weighted by Crippen LogP contribution is -2.40. The third-order valence-corrected chi connectivity index (χ3v) is 4.03. The summed E-state index contributed by atoms with van der Waals surface area (Å²) in [5.41, 5.74) is 2.98. The van der Waals surface area contributed by atoms with Gasteiger partial charge >= 0.3 is 0 Å². The van der Waals surface area contributed by atoms with Gasteiger partial charge in [-0.2, -0.15) is 0 Å². The van der Waals surface area contributed by atoms with Crippen molar-refractivity contribution in [2.75, 3.05) is 5.32 Å². The Hall–Kier alpha value is -3.07. The number of rotatable bonds is 5. The molecule has 0 bridgehead atoms. The topological polar surface area (TPSA) is 41.1 Å². The number of benzene rings is 3. The van der Waals surface area contributed by atoms with Crippen molar-refractivity contribution < 1.29 is 4.79 Å². The second-order valence-corrected chi connectivity index (χ2v) is 6.45. The van der Waals surface area contributed by atoms with E-state index in [2.05, 4.69) is 16.7 Å². The van der Waals surface area contributed by atoms with Crippen LogP contribution in [0, 0.1) is 6.07 Å². The Morgan fingerprint density at radius 2 is 1.52 bits per heavy atom. The summed E-state index contributed by atoms with van der Waals surface area (Å²) in [7, 11) is 0. The Bertz CT molecular complexity index is 842. The van der Waals surface area contributed by atoms with Crippen molar-refractivity contribution in [3.8, 4) is 0 Å². The molecule has 1 amide bonds. The summed E-state index contributed by atoms with van der Waals surface area (Å²) in [6.07, 6.45) is 0. The first-order chi connectivity index (χ1) is 12.0. The molecule has 3 rings (SSSR count). The highest BCUT2D eigenvalue weighted by atomic mass is 16.1. The lowest BCUT2D eigenvalue weighted by molar-refractivity contribution is 0.0912. The van der Waals surface area contributed by atoms with Crippen molar-refractivity contribution in [3.63, 3.8) is 0 Å². The van der Waals surface area contributed by atoms with Crippen LogP contribution in [0.4, 0.5) is 11.4 Å². The number of carbonyl (C=O) groups excluding carboxylic acids is 1. The standard InChI is InChI=1S/C22H21N2O/c1-22(2,18-11-5-3-6-12-18)24-21(25)17-10-9-15-20(16-17)23-19-13-7-4-8-14-19/h3-8,10-16,23H,1-2H3,(H,24,25). The molecule has 0 fully saturated rings. The Morgan fingerprint density at radius 1 is 0.880 bits per heavy atom. The molecule has 1 radical (unpaired) electrons. The number of anilines is 2. The van der Waals surface area contributed by atoms with Gasteiger partial charge in [0.1, 0.15) is 0 Å². The molecular formula is C22H21N2O. The predicted octanol–water partition coefficient (Wildman–Crippen LogP) is 4.90. The summed E-state index contributed by atoms with van der Waals surface area (Å²) in [6.45, 7) is 3.99. The minimum absolute atomic E-state index is 0.123. The monoisotopic (exact) mass is 329 g/mol. The Labute approximate surface area is 148 Å². The SMILES string of the molecule is CC(C)(NC(=O)c1c[c]cc(Nc2ccccc2)c1)c1ccccc1. The lowest BCUT2D eigenvalue weighted by atomic mass is 9.94. The van der Waals surface area contributed by atoms with Gasteiger partial charge in [0.05, 0.1) is 5.54 Å². The van der Waals surface area contributed by atoms with Gasteiger partial charge in [-0.25, -0.2) is 0 Å². The van der Waals surface area contributed by atoms with Crippen LogP contribution in [0.2, 0.25) is 0 Å². The van der Waals surface area contributed by atoms with Crippen LogP contribution in [-0.2, 0) is 5.54 Å². The zero-order valence-electron chi connectivity index (χ0n) is 14.4. The lowest BCUT2D eigenvalue weighted by Gasteiger charge is -2.27. The van der Waals surface area contributed by atoms with E-state index in [4.69, 9.17) is 0 Å². The first-order valence-corrected chi connectivity index (χ1v) is 8.26. The van der Waals surface area contributed by atoms with Crippen molar-refractivity contribution in [3.05, 3.63) is 96.1 Å². The van der Waals surface area contributed by atoms with E-state index >= 15 is 0 Å². The van der Waals surface area contributed by atoms with Gasteiger partial charge < -0.3 is 10.6 Å². The fraction of sp³-hybridized carbons (Fsp3) is 0.136. The van der Waals surface area contributed by atoms with Gasteiger partial charge in [-0.05, 0) is 55.8 Å². The van der Waals surface area contributed by atoms with Crippen molar-refractivity contribution in [2.45, 2.75) is 19.4 Å². The third-order valence-electron chi connectivity index (χ3n) is 4.03. The fourth-order valence-electron chi connectivity index (χ4n) is 2.65. The average molecular weight is 329 g/mol. The van der Waals surface area contributed by atoms with E-state index in [0.29, 0.717) is 5.56 Å².